The van der Waals surface area contributed by atoms with Gasteiger partial charge in [-0.3, -0.25) is 4.79 Å². The van der Waals surface area contributed by atoms with Crippen LogP contribution in [0.25, 0.3) is 0 Å². The summed E-state index contributed by atoms with van der Waals surface area (Å²) in [6.45, 7) is 0.537. The predicted molar refractivity (Wildman–Crippen MR) is 73.9 cm³/mol. The van der Waals surface area contributed by atoms with Crippen molar-refractivity contribution in [2.45, 2.75) is 6.54 Å². The van der Waals surface area contributed by atoms with Crippen LogP contribution in [0.4, 0.5) is 5.82 Å². The number of anilines is 1. The van der Waals surface area contributed by atoms with Crippen LogP contribution >= 0.6 is 27.5 Å². The van der Waals surface area contributed by atoms with Gasteiger partial charge in [0.05, 0.1) is 5.56 Å². The van der Waals surface area contributed by atoms with E-state index in [-0.39, 0.29) is 10.7 Å². The fourth-order valence-electron chi connectivity index (χ4n) is 1.44. The van der Waals surface area contributed by atoms with Crippen LogP contribution in [0, 0.1) is 0 Å². The minimum Gasteiger partial charge on any atom is -0.365 e. The molecule has 0 saturated heterocycles. The van der Waals surface area contributed by atoms with Crippen molar-refractivity contribution in [3.63, 3.8) is 0 Å². The largest absolute Gasteiger partial charge is 0.365 e. The molecule has 2 rings (SSSR count). The van der Waals surface area contributed by atoms with Gasteiger partial charge in [-0.2, -0.15) is 0 Å². The average molecular weight is 327 g/mol. The van der Waals surface area contributed by atoms with Crippen molar-refractivity contribution < 1.29 is 4.79 Å². The van der Waals surface area contributed by atoms with Crippen LogP contribution in [0.15, 0.2) is 35.1 Å². The molecule has 6 heteroatoms. The van der Waals surface area contributed by atoms with Gasteiger partial charge in [-0.15, -0.1) is 0 Å². The topological polar surface area (TPSA) is 54.9 Å². The van der Waals surface area contributed by atoms with Crippen molar-refractivity contribution in [2.75, 3.05) is 5.32 Å². The number of halogens is 2. The number of rotatable bonds is 4. The molecule has 0 atom stereocenters. The zero-order valence-electron chi connectivity index (χ0n) is 9.23. The molecular weight excluding hydrogens is 318 g/mol. The molecule has 2 aromatic rings. The van der Waals surface area contributed by atoms with Gasteiger partial charge >= 0.3 is 0 Å². The summed E-state index contributed by atoms with van der Waals surface area (Å²) in [4.78, 5) is 18.7. The van der Waals surface area contributed by atoms with Crippen LogP contribution in [0.3, 0.4) is 0 Å². The van der Waals surface area contributed by atoms with Crippen molar-refractivity contribution in [3.8, 4) is 0 Å². The van der Waals surface area contributed by atoms with E-state index >= 15 is 0 Å². The lowest BCUT2D eigenvalue weighted by Crippen LogP contribution is -2.06. The summed E-state index contributed by atoms with van der Waals surface area (Å²) >= 11 is 9.26. The highest BCUT2D eigenvalue weighted by Crippen LogP contribution is 2.20. The molecule has 0 amide bonds. The number of aromatic nitrogens is 2. The van der Waals surface area contributed by atoms with Crippen molar-refractivity contribution in [1.82, 2.24) is 9.97 Å². The Morgan fingerprint density at radius 2 is 2.11 bits per heavy atom. The molecule has 1 N–H and O–H groups in total. The highest BCUT2D eigenvalue weighted by atomic mass is 79.9. The lowest BCUT2D eigenvalue weighted by molar-refractivity contribution is 0.112. The van der Waals surface area contributed by atoms with Gasteiger partial charge < -0.3 is 5.32 Å². The molecule has 1 heterocycles. The molecule has 0 radical (unpaired) electrons. The Labute approximate surface area is 118 Å². The number of nitrogens with one attached hydrogen (secondary N) is 1. The molecule has 0 fully saturated rings. The highest BCUT2D eigenvalue weighted by Gasteiger charge is 2.08. The van der Waals surface area contributed by atoms with E-state index in [1.54, 1.807) is 0 Å². The SMILES string of the molecule is O=Cc1c(Cl)ncnc1NCc1ccccc1Br. The Morgan fingerprint density at radius 1 is 1.33 bits per heavy atom. The van der Waals surface area contributed by atoms with E-state index in [0.717, 1.165) is 10.0 Å². The maximum absolute atomic E-state index is 10.9. The van der Waals surface area contributed by atoms with Crippen LogP contribution < -0.4 is 5.32 Å². The third-order valence-electron chi connectivity index (χ3n) is 2.36. The molecule has 0 aliphatic carbocycles. The third kappa shape index (κ3) is 2.86. The number of hydrogen-bond acceptors (Lipinski definition) is 4. The maximum Gasteiger partial charge on any atom is 0.156 e. The van der Waals surface area contributed by atoms with Gasteiger partial charge in [0.25, 0.3) is 0 Å². The number of hydrogen-bond donors (Lipinski definition) is 1. The van der Waals surface area contributed by atoms with Crippen molar-refractivity contribution in [3.05, 3.63) is 51.3 Å². The fraction of sp³-hybridized carbons (Fsp3) is 0.0833. The van der Waals surface area contributed by atoms with E-state index in [0.29, 0.717) is 18.6 Å². The number of carbonyl (C=O) groups is 1. The summed E-state index contributed by atoms with van der Waals surface area (Å²) in [5.74, 6) is 0.431. The van der Waals surface area contributed by atoms with Crippen LogP contribution in [-0.4, -0.2) is 16.3 Å². The highest BCUT2D eigenvalue weighted by molar-refractivity contribution is 9.10. The van der Waals surface area contributed by atoms with E-state index in [2.05, 4.69) is 31.2 Å². The maximum atomic E-state index is 10.9. The molecule has 0 aliphatic rings. The summed E-state index contributed by atoms with van der Waals surface area (Å²) in [7, 11) is 0. The lowest BCUT2D eigenvalue weighted by Gasteiger charge is -2.09. The Balaban J connectivity index is 2.18. The molecule has 0 bridgehead atoms. The first-order valence-corrected chi connectivity index (χ1v) is 6.32. The minimum absolute atomic E-state index is 0.148. The molecule has 0 spiro atoms. The predicted octanol–water partition coefficient (Wildman–Crippen LogP) is 3.32. The van der Waals surface area contributed by atoms with Gasteiger partial charge in [-0.05, 0) is 11.6 Å². The van der Waals surface area contributed by atoms with Crippen molar-refractivity contribution in [1.29, 1.82) is 0 Å². The minimum atomic E-state index is 0.148. The van der Waals surface area contributed by atoms with Gasteiger partial charge in [0, 0.05) is 11.0 Å². The van der Waals surface area contributed by atoms with E-state index in [1.807, 2.05) is 24.3 Å². The van der Waals surface area contributed by atoms with Crippen molar-refractivity contribution in [2.24, 2.45) is 0 Å². The smallest absolute Gasteiger partial charge is 0.156 e. The first kappa shape index (κ1) is 13.0. The molecule has 0 aliphatic heterocycles. The molecule has 4 nitrogen and oxygen atoms in total. The monoisotopic (exact) mass is 325 g/mol. The zero-order chi connectivity index (χ0) is 13.0. The Bertz CT molecular complexity index is 577. The summed E-state index contributed by atoms with van der Waals surface area (Å²) < 4.78 is 0.991. The number of nitrogens with zero attached hydrogens (tertiary/aromatic N) is 2. The van der Waals surface area contributed by atoms with Crippen LogP contribution in [0.5, 0.6) is 0 Å². The molecule has 92 valence electrons. The summed E-state index contributed by atoms with van der Waals surface area (Å²) in [5, 5.41) is 3.21. The molecule has 0 saturated carbocycles. The van der Waals surface area contributed by atoms with E-state index in [4.69, 9.17) is 11.6 Å². The third-order valence-corrected chi connectivity index (χ3v) is 3.43. The second kappa shape index (κ2) is 5.93. The molecule has 1 aromatic heterocycles. The fourth-order valence-corrected chi connectivity index (χ4v) is 2.04. The Hall–Kier alpha value is -1.46. The summed E-state index contributed by atoms with van der Waals surface area (Å²) in [5.41, 5.74) is 1.33. The molecular formula is C12H9BrClN3O. The quantitative estimate of drug-likeness (QED) is 0.692. The van der Waals surface area contributed by atoms with Crippen LogP contribution in [0.1, 0.15) is 15.9 Å². The molecule has 0 unspecified atom stereocenters. The van der Waals surface area contributed by atoms with Crippen LogP contribution in [0.2, 0.25) is 5.15 Å². The van der Waals surface area contributed by atoms with Gasteiger partial charge in [0.2, 0.25) is 0 Å². The average Bonchev–Trinajstić information content (AvgIpc) is 2.38. The summed E-state index contributed by atoms with van der Waals surface area (Å²) in [6, 6.07) is 7.80. The van der Waals surface area contributed by atoms with Gasteiger partial charge in [-0.25, -0.2) is 9.97 Å². The van der Waals surface area contributed by atoms with Crippen LogP contribution in [-0.2, 0) is 6.54 Å². The van der Waals surface area contributed by atoms with E-state index < -0.39 is 0 Å². The standard InChI is InChI=1S/C12H9BrClN3O/c13-10-4-2-1-3-8(10)5-15-12-9(6-18)11(14)16-7-17-12/h1-4,6-7H,5H2,(H,15,16,17). The van der Waals surface area contributed by atoms with E-state index in [9.17, 15) is 4.79 Å². The first-order chi connectivity index (χ1) is 8.72. The van der Waals surface area contributed by atoms with Crippen molar-refractivity contribution >= 4 is 39.6 Å². The zero-order valence-corrected chi connectivity index (χ0v) is 11.6. The Morgan fingerprint density at radius 3 is 2.83 bits per heavy atom. The number of benzene rings is 1. The van der Waals surface area contributed by atoms with Gasteiger partial charge in [0.15, 0.2) is 6.29 Å². The number of aldehydes is 1. The second-order valence-corrected chi connectivity index (χ2v) is 4.70. The number of carbonyl (C=O) groups excluding carboxylic acids is 1. The molecule has 1 aromatic carbocycles. The van der Waals surface area contributed by atoms with Gasteiger partial charge in [-0.1, -0.05) is 45.7 Å². The first-order valence-electron chi connectivity index (χ1n) is 5.15. The molecule has 18 heavy (non-hydrogen) atoms. The summed E-state index contributed by atoms with van der Waals surface area (Å²) in [6.07, 6.45) is 1.96. The lowest BCUT2D eigenvalue weighted by atomic mass is 10.2. The Kier molecular flexibility index (Phi) is 4.28. The van der Waals surface area contributed by atoms with E-state index in [1.165, 1.54) is 6.33 Å². The van der Waals surface area contributed by atoms with Gasteiger partial charge in [0.1, 0.15) is 17.3 Å². The second-order valence-electron chi connectivity index (χ2n) is 3.49. The normalized spacial score (nSPS) is 10.1.